The molecular formula is C15H23NO2. The predicted molar refractivity (Wildman–Crippen MR) is 75.2 cm³/mol. The first-order valence-corrected chi connectivity index (χ1v) is 6.19. The number of aryl methyl sites for hydroxylation is 2. The Kier molecular flexibility index (Phi) is 4.05. The van der Waals surface area contributed by atoms with Crippen LogP contribution in [0.2, 0.25) is 0 Å². The molecule has 0 fully saturated rings. The molecule has 0 radical (unpaired) electrons. The highest BCUT2D eigenvalue weighted by Gasteiger charge is 2.18. The summed E-state index contributed by atoms with van der Waals surface area (Å²) < 4.78 is 5.27. The smallest absolute Gasteiger partial charge is 0.412 e. The Labute approximate surface area is 110 Å². The fraction of sp³-hybridized carbons (Fsp3) is 0.533. The summed E-state index contributed by atoms with van der Waals surface area (Å²) in [4.78, 5) is 11.8. The van der Waals surface area contributed by atoms with E-state index in [-0.39, 0.29) is 0 Å². The first-order valence-electron chi connectivity index (χ1n) is 6.19. The van der Waals surface area contributed by atoms with Gasteiger partial charge in [0, 0.05) is 0 Å². The minimum Gasteiger partial charge on any atom is -0.444 e. The molecule has 0 heterocycles. The first kappa shape index (κ1) is 14.6. The highest BCUT2D eigenvalue weighted by atomic mass is 16.6. The van der Waals surface area contributed by atoms with Crippen LogP contribution < -0.4 is 5.32 Å². The lowest BCUT2D eigenvalue weighted by Gasteiger charge is -2.21. The van der Waals surface area contributed by atoms with Crippen molar-refractivity contribution in [3.05, 3.63) is 28.3 Å². The molecule has 0 aromatic heterocycles. The molecule has 0 unspecified atom stereocenters. The van der Waals surface area contributed by atoms with Gasteiger partial charge in [-0.05, 0) is 70.7 Å². The summed E-state index contributed by atoms with van der Waals surface area (Å²) >= 11 is 0. The van der Waals surface area contributed by atoms with Crippen molar-refractivity contribution < 1.29 is 9.53 Å². The molecule has 0 spiro atoms. The van der Waals surface area contributed by atoms with Crippen LogP contribution >= 0.6 is 0 Å². The Balaban J connectivity index is 2.99. The normalized spacial score (nSPS) is 11.3. The summed E-state index contributed by atoms with van der Waals surface area (Å²) in [6, 6.07) is 2.08. The van der Waals surface area contributed by atoms with Crippen molar-refractivity contribution in [2.45, 2.75) is 54.1 Å². The van der Waals surface area contributed by atoms with Gasteiger partial charge in [-0.1, -0.05) is 6.07 Å². The van der Waals surface area contributed by atoms with E-state index in [0.29, 0.717) is 0 Å². The molecule has 1 amide bonds. The minimum absolute atomic E-state index is 0.406. The fourth-order valence-corrected chi connectivity index (χ4v) is 1.88. The average Bonchev–Trinajstić information content (AvgIpc) is 2.19. The number of nitrogens with one attached hydrogen (secondary N) is 1. The van der Waals surface area contributed by atoms with E-state index in [2.05, 4.69) is 25.2 Å². The van der Waals surface area contributed by atoms with Gasteiger partial charge in [0.1, 0.15) is 5.60 Å². The van der Waals surface area contributed by atoms with Gasteiger partial charge in [0.15, 0.2) is 0 Å². The number of benzene rings is 1. The van der Waals surface area contributed by atoms with Gasteiger partial charge < -0.3 is 4.74 Å². The molecule has 0 aliphatic rings. The molecule has 3 heteroatoms. The second-order valence-electron chi connectivity index (χ2n) is 5.76. The molecule has 18 heavy (non-hydrogen) atoms. The molecule has 1 N–H and O–H groups in total. The van der Waals surface area contributed by atoms with Crippen LogP contribution in [0.4, 0.5) is 10.5 Å². The second kappa shape index (κ2) is 5.01. The topological polar surface area (TPSA) is 38.3 Å². The van der Waals surface area contributed by atoms with Gasteiger partial charge in [0.25, 0.3) is 0 Å². The van der Waals surface area contributed by atoms with E-state index in [0.717, 1.165) is 16.8 Å². The number of carbonyl (C=O) groups is 1. The number of rotatable bonds is 1. The average molecular weight is 249 g/mol. The number of carbonyl (C=O) groups excluding carboxylic acids is 1. The van der Waals surface area contributed by atoms with Gasteiger partial charge in [0.2, 0.25) is 0 Å². The summed E-state index contributed by atoms with van der Waals surface area (Å²) in [6.07, 6.45) is -0.406. The Hall–Kier alpha value is -1.51. The van der Waals surface area contributed by atoms with E-state index in [1.54, 1.807) is 0 Å². The molecule has 0 aliphatic heterocycles. The van der Waals surface area contributed by atoms with Crippen LogP contribution in [-0.2, 0) is 4.74 Å². The molecule has 3 nitrogen and oxygen atoms in total. The third-order valence-corrected chi connectivity index (χ3v) is 2.98. The van der Waals surface area contributed by atoms with Crippen molar-refractivity contribution in [1.82, 2.24) is 0 Å². The van der Waals surface area contributed by atoms with E-state index in [4.69, 9.17) is 4.74 Å². The Morgan fingerprint density at radius 2 is 1.61 bits per heavy atom. The molecule has 1 rings (SSSR count). The van der Waals surface area contributed by atoms with Crippen molar-refractivity contribution >= 4 is 11.8 Å². The molecule has 100 valence electrons. The van der Waals surface area contributed by atoms with Crippen molar-refractivity contribution in [2.24, 2.45) is 0 Å². The lowest BCUT2D eigenvalue weighted by Crippen LogP contribution is -2.27. The first-order chi connectivity index (χ1) is 8.11. The van der Waals surface area contributed by atoms with Gasteiger partial charge in [-0.3, -0.25) is 5.32 Å². The Morgan fingerprint density at radius 1 is 1.06 bits per heavy atom. The van der Waals surface area contributed by atoms with Crippen molar-refractivity contribution in [1.29, 1.82) is 0 Å². The number of ether oxygens (including phenoxy) is 1. The van der Waals surface area contributed by atoms with E-state index in [1.165, 1.54) is 11.1 Å². The monoisotopic (exact) mass is 249 g/mol. The van der Waals surface area contributed by atoms with Gasteiger partial charge in [0.05, 0.1) is 5.69 Å². The third-order valence-electron chi connectivity index (χ3n) is 2.98. The van der Waals surface area contributed by atoms with Crippen LogP contribution in [0.25, 0.3) is 0 Å². The zero-order chi connectivity index (χ0) is 14.1. The van der Waals surface area contributed by atoms with Crippen LogP contribution in [0.15, 0.2) is 6.07 Å². The molecule has 0 saturated carbocycles. The van der Waals surface area contributed by atoms with E-state index in [1.807, 2.05) is 34.6 Å². The maximum Gasteiger partial charge on any atom is 0.412 e. The van der Waals surface area contributed by atoms with Gasteiger partial charge in [-0.2, -0.15) is 0 Å². The zero-order valence-corrected chi connectivity index (χ0v) is 12.4. The molecular weight excluding hydrogens is 226 g/mol. The van der Waals surface area contributed by atoms with Crippen molar-refractivity contribution in [3.63, 3.8) is 0 Å². The SMILES string of the molecule is Cc1cc(C)c(NC(=O)OC(C)(C)C)c(C)c1C. The van der Waals surface area contributed by atoms with Crippen molar-refractivity contribution in [2.75, 3.05) is 5.32 Å². The Morgan fingerprint density at radius 3 is 2.11 bits per heavy atom. The van der Waals surface area contributed by atoms with Crippen LogP contribution in [0.5, 0.6) is 0 Å². The van der Waals surface area contributed by atoms with E-state index in [9.17, 15) is 4.79 Å². The molecule has 0 saturated heterocycles. The van der Waals surface area contributed by atoms with Crippen LogP contribution in [-0.4, -0.2) is 11.7 Å². The summed E-state index contributed by atoms with van der Waals surface area (Å²) in [5.41, 5.74) is 4.96. The number of hydrogen-bond acceptors (Lipinski definition) is 2. The minimum atomic E-state index is -0.481. The highest BCUT2D eigenvalue weighted by molar-refractivity contribution is 5.87. The third kappa shape index (κ3) is 3.49. The quantitative estimate of drug-likeness (QED) is 0.807. The standard InChI is InChI=1S/C15H23NO2/c1-9-8-10(2)13(12(4)11(9)3)16-14(17)18-15(5,6)7/h8H,1-7H3,(H,16,17). The largest absolute Gasteiger partial charge is 0.444 e. The molecule has 1 aromatic carbocycles. The van der Waals surface area contributed by atoms with Crippen LogP contribution in [0, 0.1) is 27.7 Å². The number of amides is 1. The maximum atomic E-state index is 11.8. The molecule has 0 atom stereocenters. The van der Waals surface area contributed by atoms with E-state index < -0.39 is 11.7 Å². The van der Waals surface area contributed by atoms with Crippen molar-refractivity contribution in [3.8, 4) is 0 Å². The Bertz CT molecular complexity index is 470. The second-order valence-corrected chi connectivity index (χ2v) is 5.76. The zero-order valence-electron chi connectivity index (χ0n) is 12.4. The van der Waals surface area contributed by atoms with Crippen LogP contribution in [0.1, 0.15) is 43.0 Å². The lowest BCUT2D eigenvalue weighted by molar-refractivity contribution is 0.0635. The van der Waals surface area contributed by atoms with Gasteiger partial charge >= 0.3 is 6.09 Å². The summed E-state index contributed by atoms with van der Waals surface area (Å²) in [6.45, 7) is 13.7. The fourth-order valence-electron chi connectivity index (χ4n) is 1.88. The lowest BCUT2D eigenvalue weighted by atomic mass is 9.98. The van der Waals surface area contributed by atoms with E-state index >= 15 is 0 Å². The molecule has 0 aliphatic carbocycles. The number of hydrogen-bond donors (Lipinski definition) is 1. The predicted octanol–water partition coefficient (Wildman–Crippen LogP) is 4.27. The summed E-state index contributed by atoms with van der Waals surface area (Å²) in [5, 5.41) is 2.84. The maximum absolute atomic E-state index is 11.8. The summed E-state index contributed by atoms with van der Waals surface area (Å²) in [7, 11) is 0. The molecule has 0 bridgehead atoms. The van der Waals surface area contributed by atoms with Crippen LogP contribution in [0.3, 0.4) is 0 Å². The van der Waals surface area contributed by atoms with Gasteiger partial charge in [-0.15, -0.1) is 0 Å². The highest BCUT2D eigenvalue weighted by Crippen LogP contribution is 2.26. The van der Waals surface area contributed by atoms with Gasteiger partial charge in [-0.25, -0.2) is 4.79 Å². The molecule has 1 aromatic rings. The summed E-state index contributed by atoms with van der Waals surface area (Å²) in [5.74, 6) is 0. The number of anilines is 1.